The van der Waals surface area contributed by atoms with Crippen LogP contribution >= 0.6 is 24.0 Å². The molecule has 0 bridgehead atoms. The summed E-state index contributed by atoms with van der Waals surface area (Å²) in [5, 5.41) is 0.719. The van der Waals surface area contributed by atoms with E-state index in [9.17, 15) is 4.79 Å². The van der Waals surface area contributed by atoms with Gasteiger partial charge in [-0.1, -0.05) is 37.8 Å². The molecule has 0 N–H and O–H groups in total. The third kappa shape index (κ3) is 4.69. The summed E-state index contributed by atoms with van der Waals surface area (Å²) < 4.78 is 0. The van der Waals surface area contributed by atoms with E-state index in [0.717, 1.165) is 49.6 Å². The average Bonchev–Trinajstić information content (AvgIpc) is 2.91. The molecule has 2 aliphatic heterocycles. The number of piperidine rings is 1. The Morgan fingerprint density at radius 3 is 2.28 bits per heavy atom. The van der Waals surface area contributed by atoms with Gasteiger partial charge in [0.2, 0.25) is 5.91 Å². The van der Waals surface area contributed by atoms with Crippen molar-refractivity contribution in [3.05, 3.63) is 29.3 Å². The van der Waals surface area contributed by atoms with E-state index in [2.05, 4.69) is 11.8 Å². The summed E-state index contributed by atoms with van der Waals surface area (Å²) in [6, 6.07) is 7.66. The number of hydrogen-bond donors (Lipinski definition) is 0. The van der Waals surface area contributed by atoms with Gasteiger partial charge in [-0.2, -0.15) is 0 Å². The highest BCUT2D eigenvalue weighted by molar-refractivity contribution is 6.30. The van der Waals surface area contributed by atoms with Gasteiger partial charge < -0.3 is 9.80 Å². The lowest BCUT2D eigenvalue weighted by Gasteiger charge is -2.38. The van der Waals surface area contributed by atoms with Gasteiger partial charge in [0.1, 0.15) is 0 Å². The van der Waals surface area contributed by atoms with Gasteiger partial charge >= 0.3 is 0 Å². The smallest absolute Gasteiger partial charge is 0.233 e. The van der Waals surface area contributed by atoms with Gasteiger partial charge in [0.05, 0.1) is 5.41 Å². The Balaban J connectivity index is 0.00000225. The van der Waals surface area contributed by atoms with Gasteiger partial charge in [-0.25, -0.2) is 0 Å². The monoisotopic (exact) mass is 384 g/mol. The zero-order valence-electron chi connectivity index (χ0n) is 15.2. The van der Waals surface area contributed by atoms with Crippen molar-refractivity contribution in [3.8, 4) is 0 Å². The average molecular weight is 385 g/mol. The van der Waals surface area contributed by atoms with Crippen molar-refractivity contribution >= 4 is 35.6 Å². The molecule has 5 heteroatoms. The second-order valence-corrected chi connectivity index (χ2v) is 7.80. The molecule has 2 heterocycles. The molecule has 140 valence electrons. The van der Waals surface area contributed by atoms with Gasteiger partial charge in [-0.3, -0.25) is 4.79 Å². The molecule has 0 unspecified atom stereocenters. The predicted octanol–water partition coefficient (Wildman–Crippen LogP) is 5.16. The van der Waals surface area contributed by atoms with E-state index < -0.39 is 0 Å². The molecule has 3 nitrogen and oxygen atoms in total. The number of unbranched alkanes of at least 4 members (excludes halogenated alkanes) is 3. The highest BCUT2D eigenvalue weighted by Crippen LogP contribution is 2.43. The van der Waals surface area contributed by atoms with Crippen molar-refractivity contribution in [2.24, 2.45) is 5.41 Å². The van der Waals surface area contributed by atoms with Crippen LogP contribution in [0.5, 0.6) is 0 Å². The van der Waals surface area contributed by atoms with Gasteiger partial charge in [-0.15, -0.1) is 12.4 Å². The number of benzene rings is 1. The minimum Gasteiger partial charge on any atom is -0.312 e. The molecule has 3 rings (SSSR count). The lowest BCUT2D eigenvalue weighted by Crippen LogP contribution is -2.45. The van der Waals surface area contributed by atoms with Gasteiger partial charge in [0, 0.05) is 17.3 Å². The van der Waals surface area contributed by atoms with Crippen molar-refractivity contribution in [2.75, 3.05) is 31.1 Å². The van der Waals surface area contributed by atoms with Crippen molar-refractivity contribution < 1.29 is 4.79 Å². The van der Waals surface area contributed by atoms with Crippen LogP contribution in [0.3, 0.4) is 0 Å². The van der Waals surface area contributed by atoms with Crippen LogP contribution < -0.4 is 4.90 Å². The standard InChI is InChI=1S/C20H29ClN2O.ClH/c1-2-3-4-5-13-22-14-10-20(11-15-22)12-16-23(19(20)24)18-8-6-17(21)7-9-18;/h6-9H,2-5,10-16H2,1H3;1H. The zero-order chi connectivity index (χ0) is 17.0. The molecule has 2 saturated heterocycles. The first-order chi connectivity index (χ1) is 11.6. The first-order valence-electron chi connectivity index (χ1n) is 9.44. The molecule has 2 aliphatic rings. The lowest BCUT2D eigenvalue weighted by molar-refractivity contribution is -0.128. The summed E-state index contributed by atoms with van der Waals surface area (Å²) in [5.74, 6) is 0.329. The highest BCUT2D eigenvalue weighted by atomic mass is 35.5. The Kier molecular flexibility index (Phi) is 7.60. The van der Waals surface area contributed by atoms with E-state index in [1.807, 2.05) is 29.2 Å². The number of halogens is 2. The van der Waals surface area contributed by atoms with Gasteiger partial charge in [0.15, 0.2) is 0 Å². The first kappa shape index (κ1) is 20.5. The lowest BCUT2D eigenvalue weighted by atomic mass is 9.77. The third-order valence-corrected chi connectivity index (χ3v) is 6.04. The van der Waals surface area contributed by atoms with Crippen LogP contribution in [-0.4, -0.2) is 37.0 Å². The number of hydrogen-bond acceptors (Lipinski definition) is 2. The SMILES string of the molecule is CCCCCCN1CCC2(CC1)CCN(c1ccc(Cl)cc1)C2=O.Cl. The number of carbonyl (C=O) groups excluding carboxylic acids is 1. The van der Waals surface area contributed by atoms with Crippen molar-refractivity contribution in [3.63, 3.8) is 0 Å². The van der Waals surface area contributed by atoms with Crippen LogP contribution in [-0.2, 0) is 4.79 Å². The van der Waals surface area contributed by atoms with Crippen molar-refractivity contribution in [1.82, 2.24) is 4.90 Å². The Morgan fingerprint density at radius 2 is 1.64 bits per heavy atom. The molecule has 1 aromatic carbocycles. The molecule has 0 aliphatic carbocycles. The summed E-state index contributed by atoms with van der Waals surface area (Å²) in [6.45, 7) is 6.45. The molecule has 1 aromatic rings. The Bertz CT molecular complexity index is 553. The summed E-state index contributed by atoms with van der Waals surface area (Å²) in [6.07, 6.45) is 8.29. The van der Waals surface area contributed by atoms with E-state index in [0.29, 0.717) is 5.91 Å². The fraction of sp³-hybridized carbons (Fsp3) is 0.650. The van der Waals surface area contributed by atoms with Crippen LogP contribution in [0.25, 0.3) is 0 Å². The van der Waals surface area contributed by atoms with Crippen LogP contribution in [0.1, 0.15) is 51.9 Å². The molecular weight excluding hydrogens is 355 g/mol. The molecule has 0 saturated carbocycles. The topological polar surface area (TPSA) is 23.6 Å². The van der Waals surface area contributed by atoms with E-state index >= 15 is 0 Å². The normalized spacial score (nSPS) is 20.1. The van der Waals surface area contributed by atoms with E-state index in [1.54, 1.807) is 0 Å². The van der Waals surface area contributed by atoms with Crippen LogP contribution in [0.4, 0.5) is 5.69 Å². The number of rotatable bonds is 6. The molecule has 0 atom stereocenters. The first-order valence-corrected chi connectivity index (χ1v) is 9.82. The summed E-state index contributed by atoms with van der Waals surface area (Å²) in [4.78, 5) is 17.6. The second kappa shape index (κ2) is 9.25. The quantitative estimate of drug-likeness (QED) is 0.632. The molecule has 2 fully saturated rings. The number of anilines is 1. The van der Waals surface area contributed by atoms with E-state index in [4.69, 9.17) is 11.6 Å². The largest absolute Gasteiger partial charge is 0.312 e. The Labute approximate surface area is 163 Å². The molecule has 0 radical (unpaired) electrons. The fourth-order valence-electron chi connectivity index (χ4n) is 4.12. The van der Waals surface area contributed by atoms with Crippen LogP contribution in [0.2, 0.25) is 5.02 Å². The molecular formula is C20H30Cl2N2O. The fourth-order valence-corrected chi connectivity index (χ4v) is 4.24. The minimum atomic E-state index is -0.112. The van der Waals surface area contributed by atoms with Gasteiger partial charge in [-0.05, 0) is 69.6 Å². The molecule has 25 heavy (non-hydrogen) atoms. The second-order valence-electron chi connectivity index (χ2n) is 7.37. The highest BCUT2D eigenvalue weighted by Gasteiger charge is 2.48. The third-order valence-electron chi connectivity index (χ3n) is 5.79. The van der Waals surface area contributed by atoms with E-state index in [1.165, 1.54) is 32.2 Å². The van der Waals surface area contributed by atoms with Gasteiger partial charge in [0.25, 0.3) is 0 Å². The van der Waals surface area contributed by atoms with E-state index in [-0.39, 0.29) is 17.8 Å². The van der Waals surface area contributed by atoms with Crippen molar-refractivity contribution in [1.29, 1.82) is 0 Å². The number of nitrogens with zero attached hydrogens (tertiary/aromatic N) is 2. The summed E-state index contributed by atoms with van der Waals surface area (Å²) in [7, 11) is 0. The molecule has 1 amide bonds. The minimum absolute atomic E-state index is 0. The predicted molar refractivity (Wildman–Crippen MR) is 108 cm³/mol. The maximum Gasteiger partial charge on any atom is 0.233 e. The zero-order valence-corrected chi connectivity index (χ0v) is 16.7. The molecule has 0 aromatic heterocycles. The van der Waals surface area contributed by atoms with Crippen LogP contribution in [0.15, 0.2) is 24.3 Å². The Hall–Kier alpha value is -0.770. The Morgan fingerprint density at radius 1 is 1.00 bits per heavy atom. The summed E-state index contributed by atoms with van der Waals surface area (Å²) in [5.41, 5.74) is 0.878. The van der Waals surface area contributed by atoms with Crippen molar-refractivity contribution in [2.45, 2.75) is 51.9 Å². The van der Waals surface area contributed by atoms with Crippen LogP contribution in [0, 0.1) is 5.41 Å². The maximum atomic E-state index is 13.0. The number of amides is 1. The maximum absolute atomic E-state index is 13.0. The number of carbonyl (C=O) groups is 1. The molecule has 1 spiro atoms. The summed E-state index contributed by atoms with van der Waals surface area (Å²) >= 11 is 5.97. The number of likely N-dealkylation sites (tertiary alicyclic amines) is 1.